The van der Waals surface area contributed by atoms with Crippen molar-refractivity contribution in [2.45, 2.75) is 379 Å². The maximum atomic E-state index is 12.5. The van der Waals surface area contributed by atoms with Crippen LogP contribution in [-0.4, -0.2) is 47.4 Å². The van der Waals surface area contributed by atoms with Gasteiger partial charge in [-0.25, -0.2) is 0 Å². The van der Waals surface area contributed by atoms with Crippen molar-refractivity contribution in [3.05, 3.63) is 0 Å². The summed E-state index contributed by atoms with van der Waals surface area (Å²) in [6, 6.07) is -0.555. The number of rotatable bonds is 60. The van der Waals surface area contributed by atoms with Crippen molar-refractivity contribution >= 4 is 11.9 Å². The average molecular weight is 977 g/mol. The molecule has 0 aliphatic rings. The molecule has 0 aromatic rings. The number of nitrogens with one attached hydrogen (secondary N) is 1. The zero-order valence-electron chi connectivity index (χ0n) is 47.1. The zero-order chi connectivity index (χ0) is 50.0. The lowest BCUT2D eigenvalue weighted by atomic mass is 10.0. The molecule has 2 unspecified atom stereocenters. The Morgan fingerprint density at radius 2 is 0.594 bits per heavy atom. The van der Waals surface area contributed by atoms with Crippen LogP contribution < -0.4 is 5.32 Å². The number of esters is 1. The first-order valence-corrected chi connectivity index (χ1v) is 31.8. The molecule has 6 heteroatoms. The minimum atomic E-state index is -0.676. The van der Waals surface area contributed by atoms with Crippen LogP contribution in [0.3, 0.4) is 0 Å². The topological polar surface area (TPSA) is 95.9 Å². The summed E-state index contributed by atoms with van der Waals surface area (Å²) in [6.07, 6.45) is 69.7. The average Bonchev–Trinajstić information content (AvgIpc) is 3.35. The standard InChI is InChI=1S/C63H125NO5/c1-3-5-7-9-11-13-15-17-19-21-23-24-25-26-27-28-30-32-35-39-43-47-51-55-61(66)60(59-65)64-62(67)56-52-48-44-40-36-34-38-42-46-50-54-58-69-63(68)57-53-49-45-41-37-33-31-29-22-20-18-16-14-12-10-8-6-4-2/h60-61,65-66H,3-59H2,1-2H3,(H,64,67). The van der Waals surface area contributed by atoms with Crippen LogP contribution in [0.25, 0.3) is 0 Å². The van der Waals surface area contributed by atoms with Crippen molar-refractivity contribution in [2.75, 3.05) is 13.2 Å². The lowest BCUT2D eigenvalue weighted by Crippen LogP contribution is -2.45. The summed E-state index contributed by atoms with van der Waals surface area (Å²) in [6.45, 7) is 4.96. The first-order chi connectivity index (χ1) is 34.0. The summed E-state index contributed by atoms with van der Waals surface area (Å²) < 4.78 is 5.49. The van der Waals surface area contributed by atoms with E-state index in [-0.39, 0.29) is 18.5 Å². The fraction of sp³-hybridized carbons (Fsp3) is 0.968. The van der Waals surface area contributed by atoms with Crippen LogP contribution in [0.5, 0.6) is 0 Å². The van der Waals surface area contributed by atoms with Gasteiger partial charge in [0.1, 0.15) is 0 Å². The smallest absolute Gasteiger partial charge is 0.305 e. The number of carbonyl (C=O) groups is 2. The zero-order valence-corrected chi connectivity index (χ0v) is 47.1. The van der Waals surface area contributed by atoms with Crippen LogP contribution in [0.15, 0.2) is 0 Å². The predicted molar refractivity (Wildman–Crippen MR) is 301 cm³/mol. The lowest BCUT2D eigenvalue weighted by Gasteiger charge is -2.22. The molecule has 0 rings (SSSR count). The third-order valence-electron chi connectivity index (χ3n) is 15.2. The molecule has 1 amide bonds. The molecular weight excluding hydrogens is 851 g/mol. The van der Waals surface area contributed by atoms with E-state index in [0.29, 0.717) is 25.9 Å². The number of amides is 1. The van der Waals surface area contributed by atoms with Gasteiger partial charge in [-0.05, 0) is 25.7 Å². The molecule has 2 atom stereocenters. The van der Waals surface area contributed by atoms with Crippen molar-refractivity contribution in [1.82, 2.24) is 5.32 Å². The van der Waals surface area contributed by atoms with E-state index in [0.717, 1.165) is 57.8 Å². The van der Waals surface area contributed by atoms with Crippen molar-refractivity contribution in [3.8, 4) is 0 Å². The number of aliphatic hydroxyl groups excluding tert-OH is 2. The van der Waals surface area contributed by atoms with Gasteiger partial charge in [-0.3, -0.25) is 9.59 Å². The molecular formula is C63H125NO5. The van der Waals surface area contributed by atoms with Crippen LogP contribution in [0, 0.1) is 0 Å². The van der Waals surface area contributed by atoms with E-state index >= 15 is 0 Å². The van der Waals surface area contributed by atoms with E-state index in [1.807, 2.05) is 0 Å². The van der Waals surface area contributed by atoms with Gasteiger partial charge in [-0.2, -0.15) is 0 Å². The number of hydrogen-bond donors (Lipinski definition) is 3. The van der Waals surface area contributed by atoms with Crippen LogP contribution in [0.1, 0.15) is 367 Å². The minimum Gasteiger partial charge on any atom is -0.466 e. The predicted octanol–water partition coefficient (Wildman–Crippen LogP) is 19.9. The maximum Gasteiger partial charge on any atom is 0.305 e. The Bertz CT molecular complexity index is 990. The summed E-state index contributed by atoms with van der Waals surface area (Å²) in [5.74, 6) is -0.0556. The molecule has 0 aromatic carbocycles. The fourth-order valence-electron chi connectivity index (χ4n) is 10.3. The third-order valence-corrected chi connectivity index (χ3v) is 15.2. The third kappa shape index (κ3) is 56.0. The Labute approximate surface area is 432 Å². The highest BCUT2D eigenvalue weighted by molar-refractivity contribution is 5.76. The molecule has 412 valence electrons. The summed E-state index contributed by atoms with van der Waals surface area (Å²) >= 11 is 0. The highest BCUT2D eigenvalue weighted by Gasteiger charge is 2.20. The van der Waals surface area contributed by atoms with E-state index in [1.165, 1.54) is 276 Å². The number of hydrogen-bond acceptors (Lipinski definition) is 5. The second-order valence-electron chi connectivity index (χ2n) is 22.1. The van der Waals surface area contributed by atoms with Gasteiger partial charge in [0.2, 0.25) is 5.91 Å². The largest absolute Gasteiger partial charge is 0.466 e. The van der Waals surface area contributed by atoms with Gasteiger partial charge in [-0.15, -0.1) is 0 Å². The molecule has 0 saturated carbocycles. The highest BCUT2D eigenvalue weighted by Crippen LogP contribution is 2.19. The summed E-state index contributed by atoms with van der Waals surface area (Å²) in [5, 5.41) is 23.4. The molecule has 6 nitrogen and oxygen atoms in total. The van der Waals surface area contributed by atoms with Crippen molar-refractivity contribution < 1.29 is 24.5 Å². The first-order valence-electron chi connectivity index (χ1n) is 31.8. The monoisotopic (exact) mass is 976 g/mol. The summed E-state index contributed by atoms with van der Waals surface area (Å²) in [4.78, 5) is 24.6. The van der Waals surface area contributed by atoms with Gasteiger partial charge in [0, 0.05) is 12.8 Å². The van der Waals surface area contributed by atoms with E-state index in [9.17, 15) is 19.8 Å². The minimum absolute atomic E-state index is 0.00737. The Morgan fingerprint density at radius 1 is 0.348 bits per heavy atom. The van der Waals surface area contributed by atoms with Crippen molar-refractivity contribution in [3.63, 3.8) is 0 Å². The number of ether oxygens (including phenoxy) is 1. The van der Waals surface area contributed by atoms with Gasteiger partial charge in [0.25, 0.3) is 0 Å². The second kappa shape index (κ2) is 59.4. The molecule has 3 N–H and O–H groups in total. The Kier molecular flexibility index (Phi) is 58.4. The lowest BCUT2D eigenvalue weighted by molar-refractivity contribution is -0.143. The summed E-state index contributed by atoms with van der Waals surface area (Å²) in [5.41, 5.74) is 0. The number of unbranched alkanes of at least 4 members (excludes halogenated alkanes) is 49. The van der Waals surface area contributed by atoms with Gasteiger partial charge < -0.3 is 20.3 Å². The van der Waals surface area contributed by atoms with Gasteiger partial charge in [0.15, 0.2) is 0 Å². The molecule has 0 fully saturated rings. The number of aliphatic hydroxyl groups is 2. The van der Waals surface area contributed by atoms with Gasteiger partial charge in [0.05, 0.1) is 25.4 Å². The van der Waals surface area contributed by atoms with Crippen LogP contribution in [0.2, 0.25) is 0 Å². The summed E-state index contributed by atoms with van der Waals surface area (Å²) in [7, 11) is 0. The molecule has 0 heterocycles. The molecule has 0 radical (unpaired) electrons. The first kappa shape index (κ1) is 67.9. The highest BCUT2D eigenvalue weighted by atomic mass is 16.5. The van der Waals surface area contributed by atoms with E-state index < -0.39 is 12.1 Å². The Morgan fingerprint density at radius 3 is 0.884 bits per heavy atom. The van der Waals surface area contributed by atoms with Crippen LogP contribution in [-0.2, 0) is 14.3 Å². The molecule has 0 saturated heterocycles. The molecule has 0 spiro atoms. The Hall–Kier alpha value is -1.14. The molecule has 0 bridgehead atoms. The molecule has 0 aliphatic heterocycles. The molecule has 0 aromatic heterocycles. The van der Waals surface area contributed by atoms with E-state index in [2.05, 4.69) is 19.2 Å². The second-order valence-corrected chi connectivity index (χ2v) is 22.1. The Balaban J connectivity index is 3.42. The molecule has 69 heavy (non-hydrogen) atoms. The van der Waals surface area contributed by atoms with E-state index in [4.69, 9.17) is 4.74 Å². The number of carbonyl (C=O) groups excluding carboxylic acids is 2. The van der Waals surface area contributed by atoms with Crippen LogP contribution in [0.4, 0.5) is 0 Å². The quantitative estimate of drug-likeness (QED) is 0.0417. The van der Waals surface area contributed by atoms with E-state index in [1.54, 1.807) is 0 Å². The van der Waals surface area contributed by atoms with Gasteiger partial charge >= 0.3 is 5.97 Å². The molecule has 0 aliphatic carbocycles. The fourth-order valence-corrected chi connectivity index (χ4v) is 10.3. The van der Waals surface area contributed by atoms with Crippen molar-refractivity contribution in [1.29, 1.82) is 0 Å². The van der Waals surface area contributed by atoms with Crippen molar-refractivity contribution in [2.24, 2.45) is 0 Å². The SMILES string of the molecule is CCCCCCCCCCCCCCCCCCCCCCCCCC(O)C(CO)NC(=O)CCCCCCCCCCCCCOC(=O)CCCCCCCCCCCCCCCCCCCC. The normalized spacial score (nSPS) is 12.5. The maximum absolute atomic E-state index is 12.5. The van der Waals surface area contributed by atoms with Crippen LogP contribution >= 0.6 is 0 Å². The van der Waals surface area contributed by atoms with Gasteiger partial charge in [-0.1, -0.05) is 328 Å².